The van der Waals surface area contributed by atoms with E-state index in [1.54, 1.807) is 5.38 Å². The lowest BCUT2D eigenvalue weighted by atomic mass is 10.0. The molecule has 0 spiro atoms. The van der Waals surface area contributed by atoms with Crippen molar-refractivity contribution < 1.29 is 9.90 Å². The van der Waals surface area contributed by atoms with Gasteiger partial charge < -0.3 is 10.8 Å². The number of aromatic carboxylic acids is 1. The second-order valence-electron chi connectivity index (χ2n) is 3.56. The SMILES string of the molecule is Cc1cccc(-c2csc(N)c2C(=O)O)c1. The Balaban J connectivity index is 2.60. The molecule has 3 nitrogen and oxygen atoms in total. The summed E-state index contributed by atoms with van der Waals surface area (Å²) in [5.41, 5.74) is 8.54. The number of hydrogen-bond donors (Lipinski definition) is 2. The predicted octanol–water partition coefficient (Wildman–Crippen LogP) is 3.00. The van der Waals surface area contributed by atoms with Crippen LogP contribution in [0.3, 0.4) is 0 Å². The maximum atomic E-state index is 11.1. The molecule has 0 unspecified atom stereocenters. The van der Waals surface area contributed by atoms with Gasteiger partial charge in [0.05, 0.1) is 0 Å². The van der Waals surface area contributed by atoms with Crippen LogP contribution in [0.5, 0.6) is 0 Å². The molecule has 0 amide bonds. The number of anilines is 1. The van der Waals surface area contributed by atoms with Crippen LogP contribution in [-0.2, 0) is 0 Å². The first-order chi connectivity index (χ1) is 7.59. The number of benzene rings is 1. The minimum Gasteiger partial charge on any atom is -0.478 e. The molecule has 0 aliphatic rings. The molecule has 0 aliphatic carbocycles. The summed E-state index contributed by atoms with van der Waals surface area (Å²) in [6.45, 7) is 1.97. The number of thiophene rings is 1. The van der Waals surface area contributed by atoms with Gasteiger partial charge in [0.25, 0.3) is 0 Å². The topological polar surface area (TPSA) is 63.3 Å². The van der Waals surface area contributed by atoms with E-state index in [1.165, 1.54) is 11.3 Å². The predicted molar refractivity (Wildman–Crippen MR) is 65.9 cm³/mol. The van der Waals surface area contributed by atoms with Crippen LogP contribution in [0.15, 0.2) is 29.6 Å². The second kappa shape index (κ2) is 3.98. The van der Waals surface area contributed by atoms with Crippen LogP contribution < -0.4 is 5.73 Å². The van der Waals surface area contributed by atoms with Crippen molar-refractivity contribution in [2.45, 2.75) is 6.92 Å². The fraction of sp³-hybridized carbons (Fsp3) is 0.0833. The van der Waals surface area contributed by atoms with Gasteiger partial charge in [-0.2, -0.15) is 0 Å². The maximum Gasteiger partial charge on any atom is 0.339 e. The Morgan fingerprint density at radius 3 is 2.81 bits per heavy atom. The van der Waals surface area contributed by atoms with Gasteiger partial charge in [-0.25, -0.2) is 4.79 Å². The summed E-state index contributed by atoms with van der Waals surface area (Å²) in [6.07, 6.45) is 0. The highest BCUT2D eigenvalue weighted by atomic mass is 32.1. The molecule has 0 saturated carbocycles. The van der Waals surface area contributed by atoms with Crippen LogP contribution in [-0.4, -0.2) is 11.1 Å². The molecule has 3 N–H and O–H groups in total. The van der Waals surface area contributed by atoms with Crippen LogP contribution in [0.25, 0.3) is 11.1 Å². The van der Waals surface area contributed by atoms with Crippen LogP contribution in [0.2, 0.25) is 0 Å². The average molecular weight is 233 g/mol. The molecule has 1 heterocycles. The largest absolute Gasteiger partial charge is 0.478 e. The third kappa shape index (κ3) is 1.79. The van der Waals surface area contributed by atoms with Crippen molar-refractivity contribution in [2.24, 2.45) is 0 Å². The van der Waals surface area contributed by atoms with Crippen molar-refractivity contribution in [3.63, 3.8) is 0 Å². The number of nitrogen functional groups attached to an aromatic ring is 1. The normalized spacial score (nSPS) is 10.3. The van der Waals surface area contributed by atoms with Crippen molar-refractivity contribution in [3.8, 4) is 11.1 Å². The lowest BCUT2D eigenvalue weighted by Gasteiger charge is -2.02. The number of carboxylic acids is 1. The Hall–Kier alpha value is -1.81. The highest BCUT2D eigenvalue weighted by molar-refractivity contribution is 7.14. The van der Waals surface area contributed by atoms with Crippen LogP contribution in [0.4, 0.5) is 5.00 Å². The summed E-state index contributed by atoms with van der Waals surface area (Å²) in [7, 11) is 0. The molecule has 0 saturated heterocycles. The van der Waals surface area contributed by atoms with E-state index in [2.05, 4.69) is 0 Å². The van der Waals surface area contributed by atoms with Crippen LogP contribution in [0, 0.1) is 6.92 Å². The standard InChI is InChI=1S/C12H11NO2S/c1-7-3-2-4-8(5-7)9-6-16-11(13)10(9)12(14)15/h2-6H,13H2,1H3,(H,14,15). The van der Waals surface area contributed by atoms with Crippen LogP contribution >= 0.6 is 11.3 Å². The highest BCUT2D eigenvalue weighted by Crippen LogP contribution is 2.33. The van der Waals surface area contributed by atoms with Gasteiger partial charge in [-0.1, -0.05) is 29.8 Å². The molecule has 1 aromatic heterocycles. The van der Waals surface area contributed by atoms with Gasteiger partial charge in [0, 0.05) is 10.9 Å². The number of rotatable bonds is 2. The fourth-order valence-corrected chi connectivity index (χ4v) is 2.43. The van der Waals surface area contributed by atoms with E-state index in [9.17, 15) is 4.79 Å². The summed E-state index contributed by atoms with van der Waals surface area (Å²) in [5, 5.41) is 11.2. The zero-order valence-electron chi connectivity index (χ0n) is 8.73. The molecule has 2 aromatic rings. The van der Waals surface area contributed by atoms with Crippen molar-refractivity contribution >= 4 is 22.3 Å². The maximum absolute atomic E-state index is 11.1. The molecular weight excluding hydrogens is 222 g/mol. The minimum atomic E-state index is -0.977. The molecule has 1 aromatic carbocycles. The van der Waals surface area contributed by atoms with E-state index in [-0.39, 0.29) is 5.56 Å². The third-order valence-corrected chi connectivity index (χ3v) is 3.17. The smallest absolute Gasteiger partial charge is 0.339 e. The average Bonchev–Trinajstić information content (AvgIpc) is 2.60. The van der Waals surface area contributed by atoms with Gasteiger partial charge in [0.2, 0.25) is 0 Å². The number of aryl methyl sites for hydroxylation is 1. The van der Waals surface area contributed by atoms with E-state index in [4.69, 9.17) is 10.8 Å². The zero-order valence-corrected chi connectivity index (χ0v) is 9.54. The van der Waals surface area contributed by atoms with E-state index < -0.39 is 5.97 Å². The van der Waals surface area contributed by atoms with Crippen molar-refractivity contribution in [1.82, 2.24) is 0 Å². The van der Waals surface area contributed by atoms with Gasteiger partial charge in [-0.3, -0.25) is 0 Å². The Bertz CT molecular complexity index is 546. The molecule has 2 rings (SSSR count). The monoisotopic (exact) mass is 233 g/mol. The van der Waals surface area contributed by atoms with Crippen LogP contribution in [0.1, 0.15) is 15.9 Å². The first kappa shape index (κ1) is 10.7. The molecule has 4 heteroatoms. The number of carboxylic acid groups (broad SMARTS) is 1. The Morgan fingerprint density at radius 2 is 2.19 bits per heavy atom. The summed E-state index contributed by atoms with van der Waals surface area (Å²) in [6, 6.07) is 7.72. The Kier molecular flexibility index (Phi) is 2.66. The summed E-state index contributed by atoms with van der Waals surface area (Å²) in [4.78, 5) is 11.1. The molecular formula is C12H11NO2S. The molecule has 0 atom stereocenters. The summed E-state index contributed by atoms with van der Waals surface area (Å²) in [5.74, 6) is -0.977. The summed E-state index contributed by atoms with van der Waals surface area (Å²) < 4.78 is 0. The first-order valence-electron chi connectivity index (χ1n) is 4.77. The quantitative estimate of drug-likeness (QED) is 0.838. The number of carbonyl (C=O) groups is 1. The van der Waals surface area contributed by atoms with Crippen molar-refractivity contribution in [1.29, 1.82) is 0 Å². The lowest BCUT2D eigenvalue weighted by Crippen LogP contribution is -2.00. The van der Waals surface area contributed by atoms with Gasteiger partial charge in [-0.15, -0.1) is 11.3 Å². The molecule has 0 radical (unpaired) electrons. The van der Waals surface area contributed by atoms with Crippen molar-refractivity contribution in [2.75, 3.05) is 5.73 Å². The molecule has 0 fully saturated rings. The van der Waals surface area contributed by atoms with E-state index in [0.717, 1.165) is 11.1 Å². The van der Waals surface area contributed by atoms with E-state index in [1.807, 2.05) is 31.2 Å². The van der Waals surface area contributed by atoms with Gasteiger partial charge in [0.1, 0.15) is 10.6 Å². The zero-order chi connectivity index (χ0) is 11.7. The Morgan fingerprint density at radius 1 is 1.44 bits per heavy atom. The van der Waals surface area contributed by atoms with Gasteiger partial charge >= 0.3 is 5.97 Å². The van der Waals surface area contributed by atoms with E-state index >= 15 is 0 Å². The summed E-state index contributed by atoms with van der Waals surface area (Å²) >= 11 is 1.26. The minimum absolute atomic E-state index is 0.204. The fourth-order valence-electron chi connectivity index (χ4n) is 1.62. The molecule has 0 aliphatic heterocycles. The van der Waals surface area contributed by atoms with Crippen molar-refractivity contribution in [3.05, 3.63) is 40.8 Å². The van der Waals surface area contributed by atoms with Gasteiger partial charge in [0.15, 0.2) is 0 Å². The second-order valence-corrected chi connectivity index (χ2v) is 4.47. The first-order valence-corrected chi connectivity index (χ1v) is 5.65. The number of hydrogen-bond acceptors (Lipinski definition) is 3. The van der Waals surface area contributed by atoms with Gasteiger partial charge in [-0.05, 0) is 12.5 Å². The highest BCUT2D eigenvalue weighted by Gasteiger charge is 2.17. The molecule has 82 valence electrons. The lowest BCUT2D eigenvalue weighted by molar-refractivity contribution is 0.0699. The van der Waals surface area contributed by atoms with E-state index in [0.29, 0.717) is 10.6 Å². The Labute approximate surface area is 97.2 Å². The molecule has 0 bridgehead atoms. The molecule has 16 heavy (non-hydrogen) atoms. The third-order valence-electron chi connectivity index (χ3n) is 2.36. The number of nitrogens with two attached hydrogens (primary N) is 1.